The van der Waals surface area contributed by atoms with Gasteiger partial charge in [0.05, 0.1) is 23.3 Å². The summed E-state index contributed by atoms with van der Waals surface area (Å²) in [4.78, 5) is 19.7. The number of carbonyl (C=O) groups is 1. The Balaban J connectivity index is 2.08. The Morgan fingerprint density at radius 3 is 2.64 bits per heavy atom. The Labute approximate surface area is 195 Å². The van der Waals surface area contributed by atoms with Crippen LogP contribution in [0, 0.1) is 32.0 Å². The second kappa shape index (κ2) is 9.62. The monoisotopic (exact) mass is 452 g/mol. The van der Waals surface area contributed by atoms with Gasteiger partial charge in [-0.25, -0.2) is 4.39 Å². The van der Waals surface area contributed by atoms with Crippen LogP contribution in [0.2, 0.25) is 0 Å². The first-order valence-electron chi connectivity index (χ1n) is 11.3. The van der Waals surface area contributed by atoms with Crippen molar-refractivity contribution in [1.29, 1.82) is 0 Å². The molecule has 33 heavy (non-hydrogen) atoms. The smallest absolute Gasteiger partial charge is 0.253 e. The highest BCUT2D eigenvalue weighted by molar-refractivity contribution is 5.96. The fourth-order valence-electron chi connectivity index (χ4n) is 4.74. The van der Waals surface area contributed by atoms with Crippen LogP contribution in [0.15, 0.2) is 17.2 Å². The molecule has 1 heterocycles. The zero-order chi connectivity index (χ0) is 24.5. The van der Waals surface area contributed by atoms with Crippen molar-refractivity contribution in [3.63, 3.8) is 0 Å². The Hall–Kier alpha value is -2.75. The van der Waals surface area contributed by atoms with Gasteiger partial charge < -0.3 is 14.7 Å². The van der Waals surface area contributed by atoms with Crippen LogP contribution in [0.25, 0.3) is 10.9 Å². The van der Waals surface area contributed by atoms with Crippen molar-refractivity contribution in [2.75, 3.05) is 20.8 Å². The fourth-order valence-corrected chi connectivity index (χ4v) is 4.74. The van der Waals surface area contributed by atoms with Crippen LogP contribution in [0.3, 0.4) is 0 Å². The van der Waals surface area contributed by atoms with Crippen molar-refractivity contribution < 1.29 is 19.0 Å². The minimum absolute atomic E-state index is 0.00326. The second-order valence-corrected chi connectivity index (χ2v) is 9.08. The molecular weight excluding hydrogens is 419 g/mol. The van der Waals surface area contributed by atoms with Crippen LogP contribution in [0.1, 0.15) is 54.6 Å². The highest BCUT2D eigenvalue weighted by Crippen LogP contribution is 2.36. The van der Waals surface area contributed by atoms with Crippen molar-refractivity contribution >= 4 is 16.8 Å². The van der Waals surface area contributed by atoms with E-state index in [-0.39, 0.29) is 29.5 Å². The van der Waals surface area contributed by atoms with Crippen molar-refractivity contribution in [2.45, 2.75) is 65.5 Å². The van der Waals surface area contributed by atoms with Crippen LogP contribution in [-0.2, 0) is 28.9 Å². The molecule has 3 rings (SSSR count). The third-order valence-corrected chi connectivity index (χ3v) is 6.84. The predicted octanol–water partition coefficient (Wildman–Crippen LogP) is 4.18. The summed E-state index contributed by atoms with van der Waals surface area (Å²) in [5, 5.41) is 11.8. The summed E-state index contributed by atoms with van der Waals surface area (Å²) in [6, 6.07) is 1.51. The maximum absolute atomic E-state index is 14.4. The number of rotatable bonds is 7. The summed E-state index contributed by atoms with van der Waals surface area (Å²) >= 11 is 0. The van der Waals surface area contributed by atoms with Crippen LogP contribution >= 0.6 is 0 Å². The number of aliphatic hydroxyl groups is 1. The lowest BCUT2D eigenvalue weighted by Crippen LogP contribution is -2.35. The number of pyridine rings is 1. The number of ether oxygens (including phenoxy) is 1. The fraction of sp³-hybridized carbons (Fsp3) is 0.481. The number of halogens is 1. The topological polar surface area (TPSA) is 62.7 Å². The van der Waals surface area contributed by atoms with Gasteiger partial charge in [0.2, 0.25) is 0 Å². The Morgan fingerprint density at radius 1 is 1.36 bits per heavy atom. The molecule has 0 aliphatic heterocycles. The van der Waals surface area contributed by atoms with Gasteiger partial charge in [-0.05, 0) is 68.7 Å². The number of nitrogens with zero attached hydrogens (tertiary/aromatic N) is 2. The predicted molar refractivity (Wildman–Crippen MR) is 128 cm³/mol. The van der Waals surface area contributed by atoms with E-state index < -0.39 is 5.60 Å². The van der Waals surface area contributed by atoms with Crippen LogP contribution in [0.4, 0.5) is 4.39 Å². The zero-order valence-corrected chi connectivity index (χ0v) is 20.4. The summed E-state index contributed by atoms with van der Waals surface area (Å²) < 4.78 is 19.7. The number of terminal acetylenes is 1. The van der Waals surface area contributed by atoms with E-state index in [1.807, 2.05) is 20.8 Å². The maximum Gasteiger partial charge on any atom is 0.253 e. The summed E-state index contributed by atoms with van der Waals surface area (Å²) in [6.45, 7) is 7.47. The van der Waals surface area contributed by atoms with Gasteiger partial charge in [-0.15, -0.1) is 6.42 Å². The standard InChI is InChI=1S/C27H33FN2O3/c1-8-22(27(5,32)9-2)21(15-33-7)26(31)30(6)14-20-17(4)29-24-13-23(28)16(3)18-11-10-12-19(20)25(18)24/h1,13,32H,9-12,14-15H2,2-7H3/b22-21+/t27-/m0/s1. The van der Waals surface area contributed by atoms with Gasteiger partial charge in [0, 0.05) is 43.4 Å². The summed E-state index contributed by atoms with van der Waals surface area (Å²) in [5.41, 5.74) is 4.47. The molecule has 0 bridgehead atoms. The normalized spacial score (nSPS) is 15.6. The average molecular weight is 453 g/mol. The molecule has 1 aromatic carbocycles. The van der Waals surface area contributed by atoms with E-state index >= 15 is 0 Å². The van der Waals surface area contributed by atoms with Crippen LogP contribution < -0.4 is 0 Å². The third kappa shape index (κ3) is 4.53. The second-order valence-electron chi connectivity index (χ2n) is 9.08. The lowest BCUT2D eigenvalue weighted by Gasteiger charge is -2.28. The molecule has 5 nitrogen and oxygen atoms in total. The minimum atomic E-state index is -1.30. The number of likely N-dealkylation sites (N-methyl/N-ethyl adjacent to an activating group) is 1. The van der Waals surface area contributed by atoms with Gasteiger partial charge in [0.25, 0.3) is 5.91 Å². The lowest BCUT2D eigenvalue weighted by molar-refractivity contribution is -0.127. The molecule has 0 saturated carbocycles. The molecule has 1 aromatic heterocycles. The van der Waals surface area contributed by atoms with Gasteiger partial charge in [0.15, 0.2) is 0 Å². The van der Waals surface area contributed by atoms with E-state index in [9.17, 15) is 14.3 Å². The highest BCUT2D eigenvalue weighted by Gasteiger charge is 2.31. The lowest BCUT2D eigenvalue weighted by atomic mass is 9.84. The van der Waals surface area contributed by atoms with E-state index in [1.165, 1.54) is 13.2 Å². The van der Waals surface area contributed by atoms with Gasteiger partial charge in [-0.3, -0.25) is 9.78 Å². The number of aryl methyl sites for hydroxylation is 3. The molecule has 0 radical (unpaired) electrons. The van der Waals surface area contributed by atoms with Crippen LogP contribution in [0.5, 0.6) is 0 Å². The van der Waals surface area contributed by atoms with Gasteiger partial charge >= 0.3 is 0 Å². The largest absolute Gasteiger partial charge is 0.385 e. The Morgan fingerprint density at radius 2 is 2.03 bits per heavy atom. The van der Waals surface area contributed by atoms with Gasteiger partial charge in [0.1, 0.15) is 5.82 Å². The molecule has 2 aromatic rings. The Kier molecular flexibility index (Phi) is 7.26. The number of amides is 1. The van der Waals surface area contributed by atoms with E-state index in [4.69, 9.17) is 16.1 Å². The van der Waals surface area contributed by atoms with Crippen molar-refractivity contribution in [2.24, 2.45) is 0 Å². The van der Waals surface area contributed by atoms with Crippen molar-refractivity contribution in [3.8, 4) is 12.3 Å². The van der Waals surface area contributed by atoms with Gasteiger partial charge in [-0.1, -0.05) is 12.8 Å². The molecule has 1 N–H and O–H groups in total. The number of carbonyl (C=O) groups excluding carboxylic acids is 1. The minimum Gasteiger partial charge on any atom is -0.385 e. The van der Waals surface area contributed by atoms with Crippen molar-refractivity contribution in [1.82, 2.24) is 9.88 Å². The third-order valence-electron chi connectivity index (χ3n) is 6.84. The number of benzene rings is 1. The molecule has 1 aliphatic carbocycles. The molecule has 176 valence electrons. The first-order chi connectivity index (χ1) is 15.6. The molecule has 0 unspecified atom stereocenters. The number of hydrogen-bond donors (Lipinski definition) is 1. The molecule has 1 amide bonds. The van der Waals surface area contributed by atoms with Crippen molar-refractivity contribution in [3.05, 3.63) is 51.0 Å². The average Bonchev–Trinajstić information content (AvgIpc) is 2.78. The van der Waals surface area contributed by atoms with E-state index in [1.54, 1.807) is 18.9 Å². The first kappa shape index (κ1) is 24.9. The SMILES string of the molecule is C#C/C(=C(/COC)C(=O)N(C)Cc1c(C)nc2cc(F)c(C)c3c2c1CCC3)[C@@](C)(O)CC. The number of methoxy groups -OCH3 is 1. The molecule has 6 heteroatoms. The molecular formula is C27H33FN2O3. The first-order valence-corrected chi connectivity index (χ1v) is 11.3. The quantitative estimate of drug-likeness (QED) is 0.506. The van der Waals surface area contributed by atoms with E-state index in [0.29, 0.717) is 24.0 Å². The molecule has 1 atom stereocenters. The van der Waals surface area contributed by atoms with E-state index in [2.05, 4.69) is 5.92 Å². The highest BCUT2D eigenvalue weighted by atomic mass is 19.1. The van der Waals surface area contributed by atoms with E-state index in [0.717, 1.165) is 47.0 Å². The van der Waals surface area contributed by atoms with Crippen LogP contribution in [-0.4, -0.2) is 47.3 Å². The molecule has 1 aliphatic rings. The zero-order valence-electron chi connectivity index (χ0n) is 20.4. The Bertz CT molecular complexity index is 1170. The van der Waals surface area contributed by atoms with Gasteiger partial charge in [-0.2, -0.15) is 0 Å². The summed E-state index contributed by atoms with van der Waals surface area (Å²) in [7, 11) is 3.20. The molecule has 0 spiro atoms. The molecule has 0 fully saturated rings. The molecule has 0 saturated heterocycles. The number of aromatic nitrogens is 1. The maximum atomic E-state index is 14.4. The summed E-state index contributed by atoms with van der Waals surface area (Å²) in [5.74, 6) is 2.00. The summed E-state index contributed by atoms with van der Waals surface area (Å²) in [6.07, 6.45) is 8.68. The number of hydrogen-bond acceptors (Lipinski definition) is 4.